The van der Waals surface area contributed by atoms with E-state index in [1.165, 1.54) is 29.9 Å². The lowest BCUT2D eigenvalue weighted by Gasteiger charge is -2.33. The Morgan fingerprint density at radius 1 is 0.958 bits per heavy atom. The van der Waals surface area contributed by atoms with Gasteiger partial charge in [-0.3, -0.25) is 0 Å². The molecule has 0 heterocycles. The standard InChI is InChI=1S/C22H29OP/c1-3-17-23-18(2)21-15-10-16-22(21)24(19-11-6-4-7-12-19)20-13-8-5-9-14-20/h4-9,11-14,18,21-22H,3,10,15-17H2,1-2H3. The molecule has 0 bridgehead atoms. The lowest BCUT2D eigenvalue weighted by Crippen LogP contribution is -2.31. The molecule has 0 amide bonds. The Labute approximate surface area is 148 Å². The third-order valence-corrected chi connectivity index (χ3v) is 8.13. The molecule has 1 aliphatic rings. The van der Waals surface area contributed by atoms with Gasteiger partial charge in [0.15, 0.2) is 0 Å². The van der Waals surface area contributed by atoms with Crippen LogP contribution in [0.3, 0.4) is 0 Å². The monoisotopic (exact) mass is 340 g/mol. The van der Waals surface area contributed by atoms with E-state index in [1.807, 2.05) is 0 Å². The van der Waals surface area contributed by atoms with Crippen LogP contribution in [0.1, 0.15) is 39.5 Å². The summed E-state index contributed by atoms with van der Waals surface area (Å²) in [5.74, 6) is 0.683. The molecule has 1 fully saturated rings. The molecule has 0 aromatic heterocycles. The molecule has 2 heteroatoms. The summed E-state index contributed by atoms with van der Waals surface area (Å²) in [4.78, 5) is 0. The van der Waals surface area contributed by atoms with E-state index in [0.29, 0.717) is 12.0 Å². The summed E-state index contributed by atoms with van der Waals surface area (Å²) >= 11 is 0. The zero-order valence-corrected chi connectivity index (χ0v) is 15.8. The summed E-state index contributed by atoms with van der Waals surface area (Å²) in [5, 5.41) is 3.02. The van der Waals surface area contributed by atoms with Crippen LogP contribution in [0.5, 0.6) is 0 Å². The van der Waals surface area contributed by atoms with Gasteiger partial charge >= 0.3 is 0 Å². The van der Waals surface area contributed by atoms with Crippen molar-refractivity contribution in [3.8, 4) is 0 Å². The van der Waals surface area contributed by atoms with Crippen LogP contribution in [0.4, 0.5) is 0 Å². The molecule has 128 valence electrons. The normalized spacial score (nSPS) is 22.0. The summed E-state index contributed by atoms with van der Waals surface area (Å²) in [6.07, 6.45) is 5.46. The van der Waals surface area contributed by atoms with Crippen molar-refractivity contribution in [1.29, 1.82) is 0 Å². The van der Waals surface area contributed by atoms with Gasteiger partial charge < -0.3 is 4.74 Å². The molecular formula is C22H29OP. The molecule has 3 atom stereocenters. The predicted molar refractivity (Wildman–Crippen MR) is 106 cm³/mol. The predicted octanol–water partition coefficient (Wildman–Crippen LogP) is 5.10. The summed E-state index contributed by atoms with van der Waals surface area (Å²) in [7, 11) is -0.319. The first-order valence-corrected chi connectivity index (χ1v) is 10.7. The van der Waals surface area contributed by atoms with Crippen LogP contribution in [0.25, 0.3) is 0 Å². The third kappa shape index (κ3) is 4.08. The molecule has 2 aromatic carbocycles. The lowest BCUT2D eigenvalue weighted by molar-refractivity contribution is 0.0285. The summed E-state index contributed by atoms with van der Waals surface area (Å²) in [6, 6.07) is 22.3. The minimum absolute atomic E-state index is 0.319. The zero-order chi connectivity index (χ0) is 16.8. The van der Waals surface area contributed by atoms with Crippen molar-refractivity contribution in [3.05, 3.63) is 60.7 Å². The second-order valence-electron chi connectivity index (χ2n) is 6.78. The summed E-state index contributed by atoms with van der Waals surface area (Å²) < 4.78 is 6.14. The van der Waals surface area contributed by atoms with Gasteiger partial charge in [-0.05, 0) is 56.3 Å². The van der Waals surface area contributed by atoms with Gasteiger partial charge in [0.2, 0.25) is 0 Å². The largest absolute Gasteiger partial charge is 0.378 e. The van der Waals surface area contributed by atoms with Crippen LogP contribution in [0, 0.1) is 5.92 Å². The van der Waals surface area contributed by atoms with Crippen LogP contribution in [-0.2, 0) is 4.74 Å². The van der Waals surface area contributed by atoms with E-state index in [9.17, 15) is 0 Å². The molecule has 0 spiro atoms. The van der Waals surface area contributed by atoms with Gasteiger partial charge in [-0.15, -0.1) is 0 Å². The molecule has 1 aliphatic carbocycles. The van der Waals surface area contributed by atoms with E-state index in [0.717, 1.165) is 18.7 Å². The highest BCUT2D eigenvalue weighted by atomic mass is 31.1. The van der Waals surface area contributed by atoms with E-state index in [2.05, 4.69) is 74.5 Å². The molecule has 24 heavy (non-hydrogen) atoms. The topological polar surface area (TPSA) is 9.23 Å². The van der Waals surface area contributed by atoms with Crippen LogP contribution >= 0.6 is 7.92 Å². The van der Waals surface area contributed by atoms with Crippen molar-refractivity contribution in [2.45, 2.75) is 51.3 Å². The highest BCUT2D eigenvalue weighted by molar-refractivity contribution is 7.73. The second-order valence-corrected chi connectivity index (χ2v) is 9.22. The fraction of sp³-hybridized carbons (Fsp3) is 0.455. The van der Waals surface area contributed by atoms with Crippen molar-refractivity contribution in [1.82, 2.24) is 0 Å². The molecule has 1 nitrogen and oxygen atoms in total. The van der Waals surface area contributed by atoms with Crippen molar-refractivity contribution in [3.63, 3.8) is 0 Å². The third-order valence-electron chi connectivity index (χ3n) is 5.12. The van der Waals surface area contributed by atoms with Crippen LogP contribution in [0.2, 0.25) is 0 Å². The van der Waals surface area contributed by atoms with Crippen LogP contribution < -0.4 is 10.6 Å². The Morgan fingerprint density at radius 3 is 2.08 bits per heavy atom. The Bertz CT molecular complexity index is 558. The number of ether oxygens (including phenoxy) is 1. The van der Waals surface area contributed by atoms with Crippen LogP contribution in [0.15, 0.2) is 60.7 Å². The van der Waals surface area contributed by atoms with Crippen molar-refractivity contribution in [2.24, 2.45) is 5.92 Å². The Hall–Kier alpha value is -1.17. The van der Waals surface area contributed by atoms with Crippen molar-refractivity contribution >= 4 is 18.5 Å². The van der Waals surface area contributed by atoms with Gasteiger partial charge in [-0.25, -0.2) is 0 Å². The SMILES string of the molecule is CCCOC(C)C1CCCC1P(c1ccccc1)c1ccccc1. The Balaban J connectivity index is 1.90. The minimum Gasteiger partial charge on any atom is -0.378 e. The van der Waals surface area contributed by atoms with Gasteiger partial charge in [0.25, 0.3) is 0 Å². The zero-order valence-electron chi connectivity index (χ0n) is 14.9. The van der Waals surface area contributed by atoms with E-state index in [4.69, 9.17) is 4.74 Å². The number of rotatable bonds is 7. The van der Waals surface area contributed by atoms with E-state index in [1.54, 1.807) is 0 Å². The second kappa shape index (κ2) is 8.79. The maximum absolute atomic E-state index is 6.14. The van der Waals surface area contributed by atoms with E-state index < -0.39 is 0 Å². The molecule has 3 unspecified atom stereocenters. The number of hydrogen-bond donors (Lipinski definition) is 0. The van der Waals surface area contributed by atoms with Gasteiger partial charge in [0, 0.05) is 6.61 Å². The molecule has 1 saturated carbocycles. The molecule has 0 N–H and O–H groups in total. The highest BCUT2D eigenvalue weighted by Gasteiger charge is 2.38. The molecule has 0 radical (unpaired) electrons. The van der Waals surface area contributed by atoms with Gasteiger partial charge in [-0.1, -0.05) is 74.0 Å². The maximum atomic E-state index is 6.14. The molecule has 3 rings (SSSR count). The summed E-state index contributed by atoms with van der Waals surface area (Å²) in [6.45, 7) is 5.38. The first kappa shape index (κ1) is 17.6. The number of benzene rings is 2. The maximum Gasteiger partial charge on any atom is 0.0581 e. The molecule has 2 aromatic rings. The van der Waals surface area contributed by atoms with E-state index >= 15 is 0 Å². The molecular weight excluding hydrogens is 311 g/mol. The van der Waals surface area contributed by atoms with Gasteiger partial charge in [0.05, 0.1) is 6.10 Å². The smallest absolute Gasteiger partial charge is 0.0581 e. The minimum atomic E-state index is -0.319. The van der Waals surface area contributed by atoms with Gasteiger partial charge in [-0.2, -0.15) is 0 Å². The lowest BCUT2D eigenvalue weighted by atomic mass is 10.0. The van der Waals surface area contributed by atoms with Crippen LogP contribution in [-0.4, -0.2) is 18.4 Å². The molecule has 0 saturated heterocycles. The summed E-state index contributed by atoms with van der Waals surface area (Å²) in [5.41, 5.74) is 0.733. The molecule has 0 aliphatic heterocycles. The average molecular weight is 340 g/mol. The Morgan fingerprint density at radius 2 is 1.54 bits per heavy atom. The highest BCUT2D eigenvalue weighted by Crippen LogP contribution is 2.51. The van der Waals surface area contributed by atoms with Crippen molar-refractivity contribution < 1.29 is 4.74 Å². The fourth-order valence-corrected chi connectivity index (χ4v) is 7.24. The Kier molecular flexibility index (Phi) is 6.46. The van der Waals surface area contributed by atoms with E-state index in [-0.39, 0.29) is 7.92 Å². The van der Waals surface area contributed by atoms with Crippen molar-refractivity contribution in [2.75, 3.05) is 6.61 Å². The quantitative estimate of drug-likeness (QED) is 0.637. The first-order chi connectivity index (χ1) is 11.8. The number of hydrogen-bond acceptors (Lipinski definition) is 1. The van der Waals surface area contributed by atoms with Gasteiger partial charge in [0.1, 0.15) is 0 Å². The first-order valence-electron chi connectivity index (χ1n) is 9.32. The fourth-order valence-electron chi connectivity index (χ4n) is 3.97. The average Bonchev–Trinajstić information content (AvgIpc) is 3.11.